The van der Waals surface area contributed by atoms with Crippen molar-refractivity contribution >= 4 is 29.6 Å². The van der Waals surface area contributed by atoms with E-state index in [4.69, 9.17) is 33.2 Å². The second-order valence-corrected chi connectivity index (χ2v) is 15.0. The molecule has 1 N–H and O–H groups in total. The lowest BCUT2D eigenvalue weighted by Crippen LogP contribution is -2.69. The number of fused-ring (bicyclic) bond motifs is 10. The fourth-order valence-corrected chi connectivity index (χ4v) is 10.3. The standard InChI is InChI=1S/C37H44N4O10S/c1-8-9-25(43)39-21-14-52-36-28-27(35-33(49-16-50-35)18(3)32(28)51-19(4)42)24(13-47-37(21)44)41-23(12-38)22-11-20-10-17(2)31(46-7)34(48-15-45-6)26(20)29(30(36)41)40(22)5/h10,21-24,29-30,36H,8-9,11,13-16H2,1-7H3,(H,39,43)/t21-,22+,23-,24+,29+,30?,36+/m0/s1. The molecule has 0 saturated carbocycles. The van der Waals surface area contributed by atoms with Crippen LogP contribution >= 0.6 is 11.8 Å². The molecule has 7 atom stereocenters. The van der Waals surface area contributed by atoms with Crippen LogP contribution < -0.4 is 29.0 Å². The van der Waals surface area contributed by atoms with Gasteiger partial charge in [-0.15, -0.1) is 11.8 Å². The van der Waals surface area contributed by atoms with Crippen molar-refractivity contribution in [2.24, 2.45) is 0 Å². The van der Waals surface area contributed by atoms with Gasteiger partial charge in [-0.2, -0.15) is 5.26 Å². The molecule has 52 heavy (non-hydrogen) atoms. The molecule has 1 amide bonds. The maximum atomic E-state index is 13.7. The van der Waals surface area contributed by atoms with Crippen molar-refractivity contribution in [3.63, 3.8) is 0 Å². The zero-order valence-corrected chi connectivity index (χ0v) is 31.2. The number of benzene rings is 2. The van der Waals surface area contributed by atoms with Crippen molar-refractivity contribution in [3.8, 4) is 34.8 Å². The Hall–Kier alpha value is -4.23. The number of piperazine rings is 1. The molecule has 15 heteroatoms. The number of ether oxygens (including phenoxy) is 7. The van der Waals surface area contributed by atoms with Gasteiger partial charge in [0.1, 0.15) is 24.4 Å². The first-order valence-corrected chi connectivity index (χ1v) is 18.5. The molecule has 0 spiro atoms. The molecule has 6 heterocycles. The highest BCUT2D eigenvalue weighted by Crippen LogP contribution is 2.64. The smallest absolute Gasteiger partial charge is 0.329 e. The van der Waals surface area contributed by atoms with Crippen LogP contribution in [0.15, 0.2) is 6.07 Å². The normalized spacial score (nSPS) is 27.3. The summed E-state index contributed by atoms with van der Waals surface area (Å²) in [6.07, 6.45) is 1.43. The van der Waals surface area contributed by atoms with Crippen molar-refractivity contribution in [2.75, 3.05) is 47.2 Å². The topological polar surface area (TPSA) is 158 Å². The fraction of sp³-hybridized carbons (Fsp3) is 0.568. The minimum Gasteiger partial charge on any atom is -0.493 e. The molecular formula is C37H44N4O10S. The van der Waals surface area contributed by atoms with Crippen LogP contribution in [-0.2, 0) is 30.3 Å². The summed E-state index contributed by atoms with van der Waals surface area (Å²) in [6, 6.07) is 1.34. The Balaban J connectivity index is 1.52. The third-order valence-corrected chi connectivity index (χ3v) is 12.2. The van der Waals surface area contributed by atoms with E-state index in [0.717, 1.165) is 16.7 Å². The van der Waals surface area contributed by atoms with Crippen molar-refractivity contribution in [3.05, 3.63) is 39.4 Å². The number of amides is 1. The van der Waals surface area contributed by atoms with Gasteiger partial charge in [-0.3, -0.25) is 19.4 Å². The number of methoxy groups -OCH3 is 2. The summed E-state index contributed by atoms with van der Waals surface area (Å²) in [5, 5.41) is 13.4. The van der Waals surface area contributed by atoms with E-state index in [-0.39, 0.29) is 50.4 Å². The zero-order valence-electron chi connectivity index (χ0n) is 30.4. The third-order valence-electron chi connectivity index (χ3n) is 10.8. The molecule has 2 aromatic carbocycles. The van der Waals surface area contributed by atoms with E-state index < -0.39 is 41.4 Å². The zero-order chi connectivity index (χ0) is 37.0. The Bertz CT molecular complexity index is 1850. The highest BCUT2D eigenvalue weighted by atomic mass is 32.2. The largest absolute Gasteiger partial charge is 0.493 e. The van der Waals surface area contributed by atoms with Gasteiger partial charge in [-0.25, -0.2) is 4.79 Å². The average molecular weight is 737 g/mol. The number of rotatable bonds is 8. The molecular weight excluding hydrogens is 692 g/mol. The van der Waals surface area contributed by atoms with Crippen LogP contribution in [0.25, 0.3) is 0 Å². The number of hydrogen-bond donors (Lipinski definition) is 1. The number of nitrogens with one attached hydrogen (secondary N) is 1. The average Bonchev–Trinajstić information content (AvgIpc) is 3.60. The first kappa shape index (κ1) is 36.1. The Morgan fingerprint density at radius 1 is 1.10 bits per heavy atom. The van der Waals surface area contributed by atoms with E-state index in [1.807, 2.05) is 27.8 Å². The highest BCUT2D eigenvalue weighted by molar-refractivity contribution is 7.99. The molecule has 2 fully saturated rings. The van der Waals surface area contributed by atoms with Crippen molar-refractivity contribution in [2.45, 2.75) is 88.5 Å². The van der Waals surface area contributed by atoms with Gasteiger partial charge in [0.25, 0.3) is 0 Å². The Morgan fingerprint density at radius 2 is 1.87 bits per heavy atom. The van der Waals surface area contributed by atoms with E-state index >= 15 is 0 Å². The summed E-state index contributed by atoms with van der Waals surface area (Å²) < 4.78 is 42.0. The molecule has 2 saturated heterocycles. The van der Waals surface area contributed by atoms with E-state index in [1.165, 1.54) is 18.7 Å². The lowest BCUT2D eigenvalue weighted by atomic mass is 9.71. The Labute approximate surface area is 306 Å². The van der Waals surface area contributed by atoms with Crippen molar-refractivity contribution < 1.29 is 47.5 Å². The molecule has 8 rings (SSSR count). The molecule has 0 aliphatic carbocycles. The third kappa shape index (κ3) is 5.71. The molecule has 278 valence electrons. The number of nitrogens with zero attached hydrogens (tertiary/aromatic N) is 3. The fourth-order valence-electron chi connectivity index (χ4n) is 8.80. The van der Waals surface area contributed by atoms with Gasteiger partial charge in [-0.1, -0.05) is 13.0 Å². The summed E-state index contributed by atoms with van der Waals surface area (Å²) in [5.74, 6) is 1.24. The van der Waals surface area contributed by atoms with E-state index in [2.05, 4.69) is 27.3 Å². The summed E-state index contributed by atoms with van der Waals surface area (Å²) in [4.78, 5) is 43.8. The number of carbonyl (C=O) groups excluding carboxylic acids is 3. The first-order chi connectivity index (χ1) is 25.1. The molecule has 2 aromatic rings. The summed E-state index contributed by atoms with van der Waals surface area (Å²) in [7, 11) is 5.19. The van der Waals surface area contributed by atoms with Crippen molar-refractivity contribution in [1.29, 1.82) is 5.26 Å². The second-order valence-electron chi connectivity index (χ2n) is 13.8. The number of esters is 2. The highest BCUT2D eigenvalue weighted by Gasteiger charge is 2.61. The lowest BCUT2D eigenvalue weighted by Gasteiger charge is -2.61. The quantitative estimate of drug-likeness (QED) is 0.237. The van der Waals surface area contributed by atoms with Crippen LogP contribution in [0.4, 0.5) is 0 Å². The van der Waals surface area contributed by atoms with Crippen LogP contribution in [0.5, 0.6) is 28.7 Å². The number of likely N-dealkylation sites (N-methyl/N-ethyl adjacent to an activating group) is 1. The Morgan fingerprint density at radius 3 is 2.56 bits per heavy atom. The molecule has 4 bridgehead atoms. The number of nitriles is 1. The molecule has 14 nitrogen and oxygen atoms in total. The summed E-state index contributed by atoms with van der Waals surface area (Å²) in [5.41, 5.74) is 4.80. The minimum absolute atomic E-state index is 0.0146. The number of carbonyl (C=O) groups is 3. The Kier molecular flexibility index (Phi) is 9.94. The summed E-state index contributed by atoms with van der Waals surface area (Å²) >= 11 is 1.45. The first-order valence-electron chi connectivity index (χ1n) is 17.5. The van der Waals surface area contributed by atoms with Gasteiger partial charge >= 0.3 is 11.9 Å². The van der Waals surface area contributed by atoms with E-state index in [0.29, 0.717) is 58.3 Å². The maximum absolute atomic E-state index is 13.7. The predicted octanol–water partition coefficient (Wildman–Crippen LogP) is 3.79. The molecule has 0 radical (unpaired) electrons. The number of thioether (sulfide) groups is 1. The van der Waals surface area contributed by atoms with Gasteiger partial charge in [0, 0.05) is 60.5 Å². The number of aryl methyl sites for hydroxylation is 1. The van der Waals surface area contributed by atoms with Crippen LogP contribution in [0.1, 0.15) is 77.4 Å². The summed E-state index contributed by atoms with van der Waals surface area (Å²) in [6.45, 7) is 6.83. The minimum atomic E-state index is -0.935. The second kappa shape index (κ2) is 14.3. The van der Waals surface area contributed by atoms with Crippen LogP contribution in [0.3, 0.4) is 0 Å². The molecule has 0 aromatic heterocycles. The van der Waals surface area contributed by atoms with Gasteiger partial charge in [0.15, 0.2) is 29.8 Å². The van der Waals surface area contributed by atoms with E-state index in [9.17, 15) is 19.6 Å². The predicted molar refractivity (Wildman–Crippen MR) is 188 cm³/mol. The molecule has 6 aliphatic rings. The van der Waals surface area contributed by atoms with Crippen LogP contribution in [0.2, 0.25) is 0 Å². The van der Waals surface area contributed by atoms with Crippen LogP contribution in [-0.4, -0.2) is 99.0 Å². The van der Waals surface area contributed by atoms with Gasteiger partial charge in [0.2, 0.25) is 12.7 Å². The maximum Gasteiger partial charge on any atom is 0.329 e. The number of hydrogen-bond acceptors (Lipinski definition) is 14. The SMILES string of the molecule is CCCC(=O)N[C@H]1CS[C@@H]2c3c(OC(C)=O)c(C)c4c(c3[C@@H](COC1=O)N1C2[C@H]2c3c(cc(C)c(OC)c3OCOC)C[C@H]([C@@H]1C#N)N2C)OCO4. The van der Waals surface area contributed by atoms with Crippen molar-refractivity contribution in [1.82, 2.24) is 15.1 Å². The van der Waals surface area contributed by atoms with E-state index in [1.54, 1.807) is 14.2 Å². The molecule has 6 aliphatic heterocycles. The van der Waals surface area contributed by atoms with Gasteiger partial charge in [-0.05, 0) is 44.9 Å². The van der Waals surface area contributed by atoms with Crippen LogP contribution in [0, 0.1) is 25.2 Å². The van der Waals surface area contributed by atoms with Gasteiger partial charge < -0.3 is 38.5 Å². The molecule has 1 unspecified atom stereocenters. The van der Waals surface area contributed by atoms with Gasteiger partial charge in [0.05, 0.1) is 30.5 Å². The monoisotopic (exact) mass is 736 g/mol. The lowest BCUT2D eigenvalue weighted by molar-refractivity contribution is -0.152.